The summed E-state index contributed by atoms with van der Waals surface area (Å²) >= 11 is 5.96. The Morgan fingerprint density at radius 1 is 1.17 bits per heavy atom. The van der Waals surface area contributed by atoms with Crippen molar-refractivity contribution in [2.75, 3.05) is 18.5 Å². The third-order valence-corrected chi connectivity index (χ3v) is 2.69. The van der Waals surface area contributed by atoms with Gasteiger partial charge in [0.2, 0.25) is 0 Å². The molecule has 3 N–H and O–H groups in total. The summed E-state index contributed by atoms with van der Waals surface area (Å²) in [7, 11) is 0. The Labute approximate surface area is 112 Å². The maximum absolute atomic E-state index is 9.25. The molecular weight excluding hydrogens is 254 g/mol. The van der Waals surface area contributed by atoms with Gasteiger partial charge in [0, 0.05) is 11.5 Å². The van der Waals surface area contributed by atoms with Crippen LogP contribution in [0.3, 0.4) is 0 Å². The van der Waals surface area contributed by atoms with Crippen molar-refractivity contribution in [2.45, 2.75) is 38.6 Å². The first-order valence-corrected chi connectivity index (χ1v) is 6.13. The molecule has 0 spiro atoms. The fourth-order valence-corrected chi connectivity index (χ4v) is 1.44. The number of nitrogens with one attached hydrogen (secondary N) is 1. The summed E-state index contributed by atoms with van der Waals surface area (Å²) in [4.78, 5) is 8.53. The molecule has 6 heteroatoms. The highest BCUT2D eigenvalue weighted by Crippen LogP contribution is 2.23. The maximum Gasteiger partial charge on any atom is 0.137 e. The van der Waals surface area contributed by atoms with Crippen LogP contribution in [0.5, 0.6) is 0 Å². The van der Waals surface area contributed by atoms with E-state index < -0.39 is 5.54 Å². The highest BCUT2D eigenvalue weighted by molar-refractivity contribution is 6.29. The molecule has 102 valence electrons. The molecule has 0 aliphatic carbocycles. The maximum atomic E-state index is 9.25. The molecule has 0 aliphatic heterocycles. The minimum absolute atomic E-state index is 0.212. The molecule has 1 aromatic heterocycles. The largest absolute Gasteiger partial charge is 0.394 e. The van der Waals surface area contributed by atoms with Gasteiger partial charge in [0.15, 0.2) is 0 Å². The average molecular weight is 274 g/mol. The molecule has 18 heavy (non-hydrogen) atoms. The summed E-state index contributed by atoms with van der Waals surface area (Å²) in [5, 5.41) is 21.8. The zero-order chi connectivity index (χ0) is 14.0. The molecule has 0 atom stereocenters. The number of aliphatic hydroxyl groups excluding tert-OH is 2. The molecule has 0 amide bonds. The highest BCUT2D eigenvalue weighted by atomic mass is 35.5. The van der Waals surface area contributed by atoms with Crippen molar-refractivity contribution in [2.24, 2.45) is 0 Å². The number of hydrogen-bond donors (Lipinski definition) is 3. The number of halogens is 1. The minimum Gasteiger partial charge on any atom is -0.394 e. The molecule has 0 fully saturated rings. The smallest absolute Gasteiger partial charge is 0.137 e. The Bertz CT molecular complexity index is 414. The second kappa shape index (κ2) is 5.38. The lowest BCUT2D eigenvalue weighted by Crippen LogP contribution is -2.43. The third-order valence-electron chi connectivity index (χ3n) is 2.49. The van der Waals surface area contributed by atoms with E-state index in [4.69, 9.17) is 11.6 Å². The number of anilines is 1. The molecule has 0 aliphatic rings. The van der Waals surface area contributed by atoms with Crippen LogP contribution >= 0.6 is 11.6 Å². The van der Waals surface area contributed by atoms with Crippen molar-refractivity contribution in [3.05, 3.63) is 17.0 Å². The van der Waals surface area contributed by atoms with E-state index in [0.29, 0.717) is 16.8 Å². The fourth-order valence-electron chi connectivity index (χ4n) is 1.26. The highest BCUT2D eigenvalue weighted by Gasteiger charge is 2.24. The lowest BCUT2D eigenvalue weighted by Gasteiger charge is -2.27. The Balaban J connectivity index is 3.08. The van der Waals surface area contributed by atoms with Crippen molar-refractivity contribution < 1.29 is 10.2 Å². The molecular formula is C12H20ClN3O2. The SMILES string of the molecule is CC(CO)(CO)Nc1cc(Cl)nc(C(C)(C)C)n1. The van der Waals surface area contributed by atoms with Crippen LogP contribution < -0.4 is 5.32 Å². The third kappa shape index (κ3) is 3.80. The van der Waals surface area contributed by atoms with E-state index in [1.54, 1.807) is 13.0 Å². The van der Waals surface area contributed by atoms with Crippen LogP contribution in [0.1, 0.15) is 33.5 Å². The number of aliphatic hydroxyl groups is 2. The average Bonchev–Trinajstić information content (AvgIpc) is 2.27. The van der Waals surface area contributed by atoms with Crippen LogP contribution in [0.2, 0.25) is 5.15 Å². The predicted octanol–water partition coefficient (Wildman–Crippen LogP) is 1.58. The monoisotopic (exact) mass is 273 g/mol. The van der Waals surface area contributed by atoms with Crippen molar-refractivity contribution >= 4 is 17.4 Å². The van der Waals surface area contributed by atoms with E-state index in [0.717, 1.165) is 0 Å². The van der Waals surface area contributed by atoms with E-state index in [-0.39, 0.29) is 18.6 Å². The van der Waals surface area contributed by atoms with Crippen LogP contribution in [0.15, 0.2) is 6.07 Å². The van der Waals surface area contributed by atoms with Gasteiger partial charge < -0.3 is 15.5 Å². The molecule has 0 bridgehead atoms. The van der Waals surface area contributed by atoms with Crippen LogP contribution in [0.4, 0.5) is 5.82 Å². The molecule has 0 unspecified atom stereocenters. The van der Waals surface area contributed by atoms with Gasteiger partial charge in [-0.15, -0.1) is 0 Å². The first-order valence-electron chi connectivity index (χ1n) is 5.75. The van der Waals surface area contributed by atoms with Crippen LogP contribution in [0.25, 0.3) is 0 Å². The topological polar surface area (TPSA) is 78.3 Å². The predicted molar refractivity (Wildman–Crippen MR) is 71.9 cm³/mol. The van der Waals surface area contributed by atoms with Gasteiger partial charge in [-0.1, -0.05) is 32.4 Å². The van der Waals surface area contributed by atoms with Crippen LogP contribution in [0, 0.1) is 0 Å². The first kappa shape index (κ1) is 15.1. The Morgan fingerprint density at radius 2 is 1.72 bits per heavy atom. The standard InChI is InChI=1S/C12H20ClN3O2/c1-11(2,3)10-14-8(13)5-9(15-10)16-12(4,6-17)7-18/h5,17-18H,6-7H2,1-4H3,(H,14,15,16). The van der Waals surface area contributed by atoms with Gasteiger partial charge >= 0.3 is 0 Å². The second-order valence-electron chi connectivity index (χ2n) is 5.65. The van der Waals surface area contributed by atoms with E-state index in [2.05, 4.69) is 15.3 Å². The van der Waals surface area contributed by atoms with Gasteiger partial charge in [-0.05, 0) is 6.92 Å². The summed E-state index contributed by atoms with van der Waals surface area (Å²) < 4.78 is 0. The van der Waals surface area contributed by atoms with Gasteiger partial charge in [-0.3, -0.25) is 0 Å². The van der Waals surface area contributed by atoms with Crippen LogP contribution in [-0.2, 0) is 5.41 Å². The number of nitrogens with zero attached hydrogens (tertiary/aromatic N) is 2. The zero-order valence-electron chi connectivity index (χ0n) is 11.2. The van der Waals surface area contributed by atoms with Gasteiger partial charge in [-0.2, -0.15) is 0 Å². The minimum atomic E-state index is -0.840. The van der Waals surface area contributed by atoms with Crippen LogP contribution in [-0.4, -0.2) is 38.9 Å². The Hall–Kier alpha value is -0.910. The van der Waals surface area contributed by atoms with Gasteiger partial charge in [0.1, 0.15) is 16.8 Å². The molecule has 0 radical (unpaired) electrons. The first-order chi connectivity index (χ1) is 8.20. The van der Waals surface area contributed by atoms with Crippen molar-refractivity contribution in [3.8, 4) is 0 Å². The molecule has 0 saturated carbocycles. The summed E-state index contributed by atoms with van der Waals surface area (Å²) in [6.45, 7) is 7.23. The molecule has 5 nitrogen and oxygen atoms in total. The number of rotatable bonds is 4. The molecule has 1 aromatic rings. The summed E-state index contributed by atoms with van der Waals surface area (Å²) in [5.41, 5.74) is -1.07. The van der Waals surface area contributed by atoms with Crippen molar-refractivity contribution in [1.29, 1.82) is 0 Å². The molecule has 0 aromatic carbocycles. The quantitative estimate of drug-likeness (QED) is 0.726. The van der Waals surface area contributed by atoms with Crippen molar-refractivity contribution in [3.63, 3.8) is 0 Å². The Morgan fingerprint density at radius 3 is 2.17 bits per heavy atom. The zero-order valence-corrected chi connectivity index (χ0v) is 11.9. The van der Waals surface area contributed by atoms with Gasteiger partial charge in [0.25, 0.3) is 0 Å². The summed E-state index contributed by atoms with van der Waals surface area (Å²) in [6.07, 6.45) is 0. The molecule has 1 rings (SSSR count). The van der Waals surface area contributed by atoms with Gasteiger partial charge in [-0.25, -0.2) is 9.97 Å². The van der Waals surface area contributed by atoms with Crippen molar-refractivity contribution in [1.82, 2.24) is 9.97 Å². The lowest BCUT2D eigenvalue weighted by molar-refractivity contribution is 0.147. The molecule has 0 saturated heterocycles. The van der Waals surface area contributed by atoms with E-state index >= 15 is 0 Å². The summed E-state index contributed by atoms with van der Waals surface area (Å²) in [5.74, 6) is 1.10. The number of hydrogen-bond acceptors (Lipinski definition) is 5. The second-order valence-corrected chi connectivity index (χ2v) is 6.04. The Kier molecular flexibility index (Phi) is 4.53. The van der Waals surface area contributed by atoms with Gasteiger partial charge in [0.05, 0.1) is 18.8 Å². The van der Waals surface area contributed by atoms with E-state index in [1.807, 2.05) is 20.8 Å². The lowest BCUT2D eigenvalue weighted by atomic mass is 9.96. The normalized spacial score (nSPS) is 12.6. The number of aromatic nitrogens is 2. The fraction of sp³-hybridized carbons (Fsp3) is 0.667. The van der Waals surface area contributed by atoms with E-state index in [1.165, 1.54) is 0 Å². The molecule has 1 heterocycles. The summed E-state index contributed by atoms with van der Waals surface area (Å²) in [6, 6.07) is 1.57. The van der Waals surface area contributed by atoms with E-state index in [9.17, 15) is 10.2 Å².